The Kier molecular flexibility index (Phi) is 10.3. The van der Waals surface area contributed by atoms with Crippen LogP contribution in [0.4, 0.5) is 14.9 Å². The third-order valence-corrected chi connectivity index (χ3v) is 9.71. The fourth-order valence-corrected chi connectivity index (χ4v) is 6.27. The maximum Gasteiger partial charge on any atom is 0.407 e. The number of nitrogens with one attached hydrogen (secondary N) is 2. The fourth-order valence-electron chi connectivity index (χ4n) is 5.51. The molecule has 0 bridgehead atoms. The zero-order valence-corrected chi connectivity index (χ0v) is 27.6. The molecule has 1 aromatic carbocycles. The first-order valence-electron chi connectivity index (χ1n) is 15.3. The maximum absolute atomic E-state index is 13.7. The van der Waals surface area contributed by atoms with Crippen molar-refractivity contribution >= 4 is 36.8 Å². The van der Waals surface area contributed by atoms with Gasteiger partial charge in [0.05, 0.1) is 11.4 Å². The molecule has 0 saturated heterocycles. The minimum absolute atomic E-state index is 0.0128. The van der Waals surface area contributed by atoms with Crippen LogP contribution < -0.4 is 10.6 Å². The van der Waals surface area contributed by atoms with E-state index in [0.29, 0.717) is 24.7 Å². The minimum Gasteiger partial charge on any atom is -0.444 e. The molecule has 10 heteroatoms. The van der Waals surface area contributed by atoms with Crippen molar-refractivity contribution in [2.24, 2.45) is 11.8 Å². The predicted molar refractivity (Wildman–Crippen MR) is 172 cm³/mol. The third kappa shape index (κ3) is 9.12. The van der Waals surface area contributed by atoms with Crippen LogP contribution in [0.25, 0.3) is 22.3 Å². The van der Waals surface area contributed by atoms with Crippen LogP contribution in [0.15, 0.2) is 42.6 Å². The van der Waals surface area contributed by atoms with Crippen molar-refractivity contribution in [2.45, 2.75) is 97.4 Å². The quantitative estimate of drug-likeness (QED) is 0.180. The Hall–Kier alpha value is -3.24. The van der Waals surface area contributed by atoms with Gasteiger partial charge >= 0.3 is 6.09 Å². The number of halogens is 1. The highest BCUT2D eigenvalue weighted by Gasteiger charge is 2.31. The molecule has 43 heavy (non-hydrogen) atoms. The molecule has 0 spiro atoms. The number of aromatic nitrogens is 2. The molecule has 234 valence electrons. The number of rotatable bonds is 10. The van der Waals surface area contributed by atoms with Gasteiger partial charge in [0.2, 0.25) is 5.91 Å². The topological polar surface area (TPSA) is 94.5 Å². The second-order valence-electron chi connectivity index (χ2n) is 13.9. The van der Waals surface area contributed by atoms with Crippen molar-refractivity contribution in [1.82, 2.24) is 14.9 Å². The molecule has 1 unspecified atom stereocenters. The molecule has 0 radical (unpaired) electrons. The summed E-state index contributed by atoms with van der Waals surface area (Å²) in [6, 6.07) is 11.2. The number of nitrogens with zero attached hydrogens (tertiary/aromatic N) is 2. The first-order chi connectivity index (χ1) is 20.2. The summed E-state index contributed by atoms with van der Waals surface area (Å²) in [4.78, 5) is 30.3. The average Bonchev–Trinajstić information content (AvgIpc) is 3.29. The molecule has 2 aromatic heterocycles. The van der Waals surface area contributed by atoms with Crippen LogP contribution in [0.5, 0.6) is 0 Å². The second kappa shape index (κ2) is 13.6. The van der Waals surface area contributed by atoms with Crippen LogP contribution in [0.1, 0.15) is 53.4 Å². The van der Waals surface area contributed by atoms with E-state index in [1.54, 1.807) is 18.3 Å². The molecule has 4 rings (SSSR count). The number of amides is 2. The number of ether oxygens (including phenoxy) is 2. The molecule has 2 heterocycles. The van der Waals surface area contributed by atoms with E-state index < -0.39 is 19.8 Å². The lowest BCUT2D eigenvalue weighted by atomic mass is 9.78. The number of anilines is 1. The van der Waals surface area contributed by atoms with E-state index in [0.717, 1.165) is 48.4 Å². The Morgan fingerprint density at radius 2 is 1.77 bits per heavy atom. The summed E-state index contributed by atoms with van der Waals surface area (Å²) < 4.78 is 27.2. The average molecular weight is 611 g/mol. The van der Waals surface area contributed by atoms with E-state index in [2.05, 4.69) is 35.3 Å². The van der Waals surface area contributed by atoms with Gasteiger partial charge in [0.15, 0.2) is 0 Å². The lowest BCUT2D eigenvalue weighted by molar-refractivity contribution is -0.121. The summed E-state index contributed by atoms with van der Waals surface area (Å²) in [5.41, 5.74) is 2.55. The molecule has 0 aliphatic heterocycles. The highest BCUT2D eigenvalue weighted by Crippen LogP contribution is 2.35. The van der Waals surface area contributed by atoms with E-state index >= 15 is 0 Å². The SMILES string of the molecule is CC(NC(=O)OC(C)(C)C)C1CCC(C(=O)Nc2ccnc3c2cc(-c2ccc(F)cc2)n3COCC[Si](C)(C)C)CC1. The van der Waals surface area contributed by atoms with E-state index in [9.17, 15) is 14.0 Å². The highest BCUT2D eigenvalue weighted by atomic mass is 28.3. The molecule has 1 aliphatic carbocycles. The molecule has 1 aliphatic rings. The molecule has 3 aromatic rings. The Balaban J connectivity index is 1.46. The summed E-state index contributed by atoms with van der Waals surface area (Å²) in [6.45, 7) is 15.5. The second-order valence-corrected chi connectivity index (χ2v) is 19.6. The number of pyridine rings is 1. The lowest BCUT2D eigenvalue weighted by Gasteiger charge is -2.32. The monoisotopic (exact) mass is 610 g/mol. The van der Waals surface area contributed by atoms with E-state index in [1.807, 2.05) is 44.4 Å². The molecule has 1 saturated carbocycles. The van der Waals surface area contributed by atoms with Gasteiger partial charge < -0.3 is 24.7 Å². The van der Waals surface area contributed by atoms with Gasteiger partial charge in [-0.15, -0.1) is 0 Å². The van der Waals surface area contributed by atoms with Crippen LogP contribution in [0, 0.1) is 17.7 Å². The van der Waals surface area contributed by atoms with Gasteiger partial charge in [0.1, 0.15) is 23.8 Å². The summed E-state index contributed by atoms with van der Waals surface area (Å²) >= 11 is 0. The molecule has 8 nitrogen and oxygen atoms in total. The van der Waals surface area contributed by atoms with E-state index in [4.69, 9.17) is 9.47 Å². The van der Waals surface area contributed by atoms with E-state index in [1.165, 1.54) is 12.1 Å². The smallest absolute Gasteiger partial charge is 0.407 e. The molecule has 2 N–H and O–H groups in total. The van der Waals surface area contributed by atoms with Gasteiger partial charge in [-0.25, -0.2) is 14.2 Å². The van der Waals surface area contributed by atoms with Crippen molar-refractivity contribution in [2.75, 3.05) is 11.9 Å². The van der Waals surface area contributed by atoms with Gasteiger partial charge in [-0.1, -0.05) is 19.6 Å². The summed E-state index contributed by atoms with van der Waals surface area (Å²) in [6.07, 6.45) is 4.48. The van der Waals surface area contributed by atoms with Gasteiger partial charge in [-0.05, 0) is 107 Å². The van der Waals surface area contributed by atoms with Crippen LogP contribution >= 0.6 is 0 Å². The number of alkyl carbamates (subject to hydrolysis) is 1. The number of carbonyl (C=O) groups is 2. The van der Waals surface area contributed by atoms with Gasteiger partial charge in [0.25, 0.3) is 0 Å². The molecule has 1 atom stereocenters. The highest BCUT2D eigenvalue weighted by molar-refractivity contribution is 6.76. The number of benzene rings is 1. The zero-order chi connectivity index (χ0) is 31.4. The van der Waals surface area contributed by atoms with Gasteiger partial charge in [0, 0.05) is 38.2 Å². The Morgan fingerprint density at radius 1 is 1.09 bits per heavy atom. The minimum atomic E-state index is -1.25. The van der Waals surface area contributed by atoms with Crippen molar-refractivity contribution in [3.8, 4) is 11.3 Å². The molecular formula is C33H47FN4O4Si. The largest absolute Gasteiger partial charge is 0.444 e. The number of fused-ring (bicyclic) bond motifs is 1. The standard InChI is InChI=1S/C33H47FN4O4Si/c1-22(36-32(40)42-33(2,3)4)23-8-10-25(11-9-23)31(39)37-28-16-17-35-30-27(28)20-29(24-12-14-26(34)15-13-24)38(30)21-41-18-19-43(5,6)7/h12-17,20,22-23,25H,8-11,18-19,21H2,1-7H3,(H,36,40)(H,35,37,39). The first-order valence-corrected chi connectivity index (χ1v) is 19.0. The maximum atomic E-state index is 13.7. The third-order valence-electron chi connectivity index (χ3n) is 8.01. The number of hydrogen-bond donors (Lipinski definition) is 2. The van der Waals surface area contributed by atoms with Crippen molar-refractivity contribution in [3.63, 3.8) is 0 Å². The Bertz CT molecular complexity index is 1400. The van der Waals surface area contributed by atoms with Crippen LogP contribution in [0.3, 0.4) is 0 Å². The molecule has 1 fully saturated rings. The Morgan fingerprint density at radius 3 is 2.40 bits per heavy atom. The number of hydrogen-bond acceptors (Lipinski definition) is 5. The first kappa shape index (κ1) is 32.7. The van der Waals surface area contributed by atoms with Crippen LogP contribution in [-0.2, 0) is 21.0 Å². The fraction of sp³-hybridized carbons (Fsp3) is 0.545. The zero-order valence-electron chi connectivity index (χ0n) is 26.6. The van der Waals surface area contributed by atoms with Crippen molar-refractivity contribution in [3.05, 3.63) is 48.4 Å². The van der Waals surface area contributed by atoms with Crippen molar-refractivity contribution < 1.29 is 23.5 Å². The Labute approximate surface area is 255 Å². The van der Waals surface area contributed by atoms with Crippen LogP contribution in [-0.4, -0.2) is 47.9 Å². The predicted octanol–water partition coefficient (Wildman–Crippen LogP) is 7.81. The number of carbonyl (C=O) groups excluding carboxylic acids is 2. The van der Waals surface area contributed by atoms with E-state index in [-0.39, 0.29) is 29.6 Å². The van der Waals surface area contributed by atoms with Crippen LogP contribution in [0.2, 0.25) is 25.7 Å². The normalized spacial score (nSPS) is 18.3. The summed E-state index contributed by atoms with van der Waals surface area (Å²) in [5, 5.41) is 6.94. The van der Waals surface area contributed by atoms with Crippen molar-refractivity contribution in [1.29, 1.82) is 0 Å². The summed E-state index contributed by atoms with van der Waals surface area (Å²) in [7, 11) is -1.25. The van der Waals surface area contributed by atoms with Gasteiger partial charge in [-0.3, -0.25) is 4.79 Å². The lowest BCUT2D eigenvalue weighted by Crippen LogP contribution is -2.42. The molecular weight excluding hydrogens is 563 g/mol. The van der Waals surface area contributed by atoms with Gasteiger partial charge in [-0.2, -0.15) is 0 Å². The summed E-state index contributed by atoms with van der Waals surface area (Å²) in [5.74, 6) is -0.135. The molecule has 2 amide bonds.